The van der Waals surface area contributed by atoms with E-state index in [1.165, 1.54) is 16.8 Å². The topological polar surface area (TPSA) is 88.5 Å². The molecule has 6 nitrogen and oxygen atoms in total. The predicted octanol–water partition coefficient (Wildman–Crippen LogP) is 2.03. The van der Waals surface area contributed by atoms with Gasteiger partial charge in [-0.25, -0.2) is 9.78 Å². The highest BCUT2D eigenvalue weighted by Crippen LogP contribution is 2.19. The van der Waals surface area contributed by atoms with Crippen molar-refractivity contribution in [3.8, 4) is 5.75 Å². The van der Waals surface area contributed by atoms with Crippen LogP contribution in [0, 0.1) is 0 Å². The number of benzene rings is 1. The summed E-state index contributed by atoms with van der Waals surface area (Å²) in [6.45, 7) is 0. The Balaban J connectivity index is 1.96. The lowest BCUT2D eigenvalue weighted by atomic mass is 10.1. The fraction of sp³-hybridized carbons (Fsp3) is 0.267. The summed E-state index contributed by atoms with van der Waals surface area (Å²) >= 11 is 1.29. The van der Waals surface area contributed by atoms with Crippen LogP contribution in [0.1, 0.15) is 23.7 Å². The summed E-state index contributed by atoms with van der Waals surface area (Å²) in [5, 5.41) is 13.3. The van der Waals surface area contributed by atoms with E-state index in [4.69, 9.17) is 4.74 Å². The summed E-state index contributed by atoms with van der Waals surface area (Å²) in [4.78, 5) is 27.2. The molecule has 1 heterocycles. The number of rotatable bonds is 7. The number of aromatic nitrogens is 1. The third-order valence-electron chi connectivity index (χ3n) is 3.11. The van der Waals surface area contributed by atoms with E-state index in [-0.39, 0.29) is 12.3 Å². The van der Waals surface area contributed by atoms with Gasteiger partial charge in [0.2, 0.25) is 5.91 Å². The van der Waals surface area contributed by atoms with Gasteiger partial charge < -0.3 is 15.2 Å². The highest BCUT2D eigenvalue weighted by atomic mass is 32.1. The fourth-order valence-corrected chi connectivity index (χ4v) is 2.60. The third kappa shape index (κ3) is 4.05. The molecule has 1 unspecified atom stereocenters. The molecule has 0 radical (unpaired) electrons. The zero-order chi connectivity index (χ0) is 15.9. The van der Waals surface area contributed by atoms with E-state index in [2.05, 4.69) is 10.3 Å². The molecule has 0 fully saturated rings. The molecule has 116 valence electrons. The number of ether oxygens (including phenoxy) is 1. The van der Waals surface area contributed by atoms with Crippen LogP contribution < -0.4 is 10.1 Å². The molecule has 0 aliphatic carbocycles. The number of aliphatic carboxylic acids is 1. The van der Waals surface area contributed by atoms with E-state index >= 15 is 0 Å². The SMILES string of the molecule is COc1ccccc1CCC(=O)NC(C(=O)O)c1cscn1. The van der Waals surface area contributed by atoms with Crippen molar-refractivity contribution >= 4 is 23.2 Å². The molecule has 0 saturated heterocycles. The van der Waals surface area contributed by atoms with Gasteiger partial charge in [0.25, 0.3) is 0 Å². The molecule has 0 spiro atoms. The Kier molecular flexibility index (Phi) is 5.48. The summed E-state index contributed by atoms with van der Waals surface area (Å²) in [7, 11) is 1.57. The number of hydrogen-bond acceptors (Lipinski definition) is 5. The first kappa shape index (κ1) is 16.0. The molecular formula is C15H16N2O4S. The lowest BCUT2D eigenvalue weighted by molar-refractivity contribution is -0.142. The maximum absolute atomic E-state index is 12.0. The normalized spacial score (nSPS) is 11.7. The average Bonchev–Trinajstić information content (AvgIpc) is 3.04. The third-order valence-corrected chi connectivity index (χ3v) is 3.72. The summed E-state index contributed by atoms with van der Waals surface area (Å²) in [6, 6.07) is 6.30. The lowest BCUT2D eigenvalue weighted by Crippen LogP contribution is -2.34. The van der Waals surface area contributed by atoms with Gasteiger partial charge in [0.05, 0.1) is 18.3 Å². The Morgan fingerprint density at radius 3 is 2.82 bits per heavy atom. The number of carbonyl (C=O) groups excluding carboxylic acids is 1. The van der Waals surface area contributed by atoms with Crippen molar-refractivity contribution in [2.45, 2.75) is 18.9 Å². The first-order valence-electron chi connectivity index (χ1n) is 6.64. The monoisotopic (exact) mass is 320 g/mol. The Morgan fingerprint density at radius 2 is 2.18 bits per heavy atom. The molecular weight excluding hydrogens is 304 g/mol. The van der Waals surface area contributed by atoms with Crippen LogP contribution in [0.15, 0.2) is 35.2 Å². The molecule has 1 atom stereocenters. The van der Waals surface area contributed by atoms with Gasteiger partial charge in [-0.05, 0) is 18.1 Å². The van der Waals surface area contributed by atoms with Gasteiger partial charge >= 0.3 is 5.97 Å². The van der Waals surface area contributed by atoms with Gasteiger partial charge in [0.1, 0.15) is 5.75 Å². The smallest absolute Gasteiger partial charge is 0.332 e. The number of carboxylic acid groups (broad SMARTS) is 1. The first-order chi connectivity index (χ1) is 10.6. The van der Waals surface area contributed by atoms with E-state index < -0.39 is 12.0 Å². The maximum atomic E-state index is 12.0. The molecule has 0 bridgehead atoms. The van der Waals surface area contributed by atoms with E-state index in [9.17, 15) is 14.7 Å². The lowest BCUT2D eigenvalue weighted by Gasteiger charge is -2.13. The van der Waals surface area contributed by atoms with Crippen molar-refractivity contribution in [1.82, 2.24) is 10.3 Å². The van der Waals surface area contributed by atoms with Crippen molar-refractivity contribution < 1.29 is 19.4 Å². The number of para-hydroxylation sites is 1. The Labute approximate surface area is 131 Å². The number of thiazole rings is 1. The van der Waals surface area contributed by atoms with Crippen LogP contribution in [0.3, 0.4) is 0 Å². The molecule has 0 saturated carbocycles. The zero-order valence-electron chi connectivity index (χ0n) is 12.0. The summed E-state index contributed by atoms with van der Waals surface area (Å²) in [5.74, 6) is -0.757. The van der Waals surface area contributed by atoms with Gasteiger partial charge in [-0.3, -0.25) is 4.79 Å². The maximum Gasteiger partial charge on any atom is 0.332 e. The number of carboxylic acids is 1. The van der Waals surface area contributed by atoms with Crippen LogP contribution in [-0.4, -0.2) is 29.1 Å². The number of methoxy groups -OCH3 is 1. The highest BCUT2D eigenvalue weighted by molar-refractivity contribution is 7.07. The van der Waals surface area contributed by atoms with Crippen molar-refractivity contribution in [2.75, 3.05) is 7.11 Å². The van der Waals surface area contributed by atoms with Crippen molar-refractivity contribution in [3.05, 3.63) is 46.4 Å². The highest BCUT2D eigenvalue weighted by Gasteiger charge is 2.23. The van der Waals surface area contributed by atoms with Crippen molar-refractivity contribution in [1.29, 1.82) is 0 Å². The van der Waals surface area contributed by atoms with E-state index in [1.807, 2.05) is 24.3 Å². The fourth-order valence-electron chi connectivity index (χ4n) is 2.02. The largest absolute Gasteiger partial charge is 0.496 e. The standard InChI is InChI=1S/C15H16N2O4S/c1-21-12-5-3-2-4-10(12)6-7-13(18)17-14(15(19)20)11-8-22-9-16-11/h2-5,8-9,14H,6-7H2,1H3,(H,17,18)(H,19,20). The first-order valence-corrected chi connectivity index (χ1v) is 7.58. The van der Waals surface area contributed by atoms with Gasteiger partial charge in [0.15, 0.2) is 6.04 Å². The predicted molar refractivity (Wildman–Crippen MR) is 81.9 cm³/mol. The number of aryl methyl sites for hydroxylation is 1. The van der Waals surface area contributed by atoms with Crippen LogP contribution in [0.5, 0.6) is 5.75 Å². The van der Waals surface area contributed by atoms with Gasteiger partial charge in [-0.15, -0.1) is 11.3 Å². The van der Waals surface area contributed by atoms with Crippen LogP contribution in [0.4, 0.5) is 0 Å². The average molecular weight is 320 g/mol. The van der Waals surface area contributed by atoms with Crippen molar-refractivity contribution in [2.24, 2.45) is 0 Å². The van der Waals surface area contributed by atoms with Crippen LogP contribution >= 0.6 is 11.3 Å². The zero-order valence-corrected chi connectivity index (χ0v) is 12.8. The second kappa shape index (κ2) is 7.56. The van der Waals surface area contributed by atoms with Crippen LogP contribution in [-0.2, 0) is 16.0 Å². The van der Waals surface area contributed by atoms with Crippen LogP contribution in [0.25, 0.3) is 0 Å². The van der Waals surface area contributed by atoms with E-state index in [0.717, 1.165) is 5.56 Å². The molecule has 2 rings (SSSR count). The number of nitrogens with one attached hydrogen (secondary N) is 1. The number of amides is 1. The molecule has 7 heteroatoms. The minimum Gasteiger partial charge on any atom is -0.496 e. The minimum atomic E-state index is -1.13. The summed E-state index contributed by atoms with van der Waals surface area (Å²) in [6.07, 6.45) is 0.646. The molecule has 2 N–H and O–H groups in total. The molecule has 1 amide bonds. The second-order valence-electron chi connectivity index (χ2n) is 4.56. The Hall–Kier alpha value is -2.41. The van der Waals surface area contributed by atoms with E-state index in [0.29, 0.717) is 17.9 Å². The van der Waals surface area contributed by atoms with Crippen LogP contribution in [0.2, 0.25) is 0 Å². The van der Waals surface area contributed by atoms with E-state index in [1.54, 1.807) is 12.5 Å². The molecule has 1 aromatic heterocycles. The van der Waals surface area contributed by atoms with Crippen molar-refractivity contribution in [3.63, 3.8) is 0 Å². The second-order valence-corrected chi connectivity index (χ2v) is 5.28. The number of carbonyl (C=O) groups is 2. The number of nitrogens with zero attached hydrogens (tertiary/aromatic N) is 1. The number of hydrogen-bond donors (Lipinski definition) is 2. The molecule has 2 aromatic rings. The van der Waals surface area contributed by atoms with Gasteiger partial charge in [0, 0.05) is 11.8 Å². The molecule has 1 aromatic carbocycles. The molecule has 0 aliphatic rings. The molecule has 22 heavy (non-hydrogen) atoms. The molecule has 0 aliphatic heterocycles. The van der Waals surface area contributed by atoms with Gasteiger partial charge in [-0.1, -0.05) is 18.2 Å². The summed E-state index contributed by atoms with van der Waals surface area (Å²) < 4.78 is 5.22. The Morgan fingerprint density at radius 1 is 1.41 bits per heavy atom. The minimum absolute atomic E-state index is 0.175. The Bertz CT molecular complexity index is 643. The quantitative estimate of drug-likeness (QED) is 0.815. The van der Waals surface area contributed by atoms with Gasteiger partial charge in [-0.2, -0.15) is 0 Å². The summed E-state index contributed by atoms with van der Waals surface area (Å²) in [5.41, 5.74) is 2.77.